The smallest absolute Gasteiger partial charge is 0.303 e. The van der Waals surface area contributed by atoms with Gasteiger partial charge in [0.2, 0.25) is 0 Å². The number of carbonyl (C=O) groups is 1. The minimum absolute atomic E-state index is 0.0621. The first-order chi connectivity index (χ1) is 10.2. The quantitative estimate of drug-likeness (QED) is 0.536. The van der Waals surface area contributed by atoms with Crippen molar-refractivity contribution in [3.8, 4) is 0 Å². The lowest BCUT2D eigenvalue weighted by Gasteiger charge is -2.42. The Labute approximate surface area is 147 Å². The van der Waals surface area contributed by atoms with Crippen molar-refractivity contribution in [1.29, 1.82) is 0 Å². The van der Waals surface area contributed by atoms with Gasteiger partial charge in [-0.25, -0.2) is 0 Å². The van der Waals surface area contributed by atoms with E-state index in [0.29, 0.717) is 0 Å². The highest BCUT2D eigenvalue weighted by atomic mass is 127. The van der Waals surface area contributed by atoms with Gasteiger partial charge in [0.1, 0.15) is 0 Å². The average Bonchev–Trinajstić information content (AvgIpc) is 2.55. The second kappa shape index (κ2) is 6.38. The third-order valence-corrected chi connectivity index (χ3v) is 6.07. The number of carboxylic acids is 1. The lowest BCUT2D eigenvalue weighted by atomic mass is 9.72. The topological polar surface area (TPSA) is 40.5 Å². The Kier molecular flexibility index (Phi) is 5.09. The van der Waals surface area contributed by atoms with Crippen molar-refractivity contribution in [2.45, 2.75) is 64.3 Å². The normalized spacial score (nSPS) is 18.3. The molecule has 1 aromatic carbocycles. The van der Waals surface area contributed by atoms with Crippen molar-refractivity contribution < 1.29 is 9.90 Å². The maximum absolute atomic E-state index is 10.6. The molecule has 0 atom stereocenters. The van der Waals surface area contributed by atoms with Crippen molar-refractivity contribution in [3.63, 3.8) is 0 Å². The molecule has 1 N–H and O–H groups in total. The van der Waals surface area contributed by atoms with E-state index >= 15 is 0 Å². The standard InChI is InChI=1S/C18H26INO2/c1-17(2)14-12-13(19)9-10-15(14)20(18(17,3)4)11-7-5-6-8-16(21)22/h9-10,12H,5-8,11H2,1-4H3,(H,21,22). The molecule has 0 bridgehead atoms. The summed E-state index contributed by atoms with van der Waals surface area (Å²) in [4.78, 5) is 13.1. The van der Waals surface area contributed by atoms with Gasteiger partial charge in [0, 0.05) is 33.2 Å². The van der Waals surface area contributed by atoms with E-state index in [-0.39, 0.29) is 17.4 Å². The van der Waals surface area contributed by atoms with Crippen molar-refractivity contribution in [2.24, 2.45) is 0 Å². The van der Waals surface area contributed by atoms with Crippen LogP contribution in [0.15, 0.2) is 18.2 Å². The number of nitrogens with zero attached hydrogens (tertiary/aromatic N) is 1. The van der Waals surface area contributed by atoms with Gasteiger partial charge in [-0.2, -0.15) is 0 Å². The molecule has 2 rings (SSSR count). The maximum Gasteiger partial charge on any atom is 0.303 e. The van der Waals surface area contributed by atoms with E-state index in [1.807, 2.05) is 0 Å². The number of hydrogen-bond acceptors (Lipinski definition) is 2. The molecule has 4 heteroatoms. The lowest BCUT2D eigenvalue weighted by molar-refractivity contribution is -0.137. The van der Waals surface area contributed by atoms with Gasteiger partial charge in [0.05, 0.1) is 0 Å². The summed E-state index contributed by atoms with van der Waals surface area (Å²) in [5.74, 6) is -0.692. The molecule has 0 unspecified atom stereocenters. The molecular formula is C18H26INO2. The first-order valence-electron chi connectivity index (χ1n) is 7.97. The first-order valence-corrected chi connectivity index (χ1v) is 9.05. The third kappa shape index (κ3) is 3.12. The lowest BCUT2D eigenvalue weighted by Crippen LogP contribution is -2.51. The first kappa shape index (κ1) is 17.6. The highest BCUT2D eigenvalue weighted by Crippen LogP contribution is 2.51. The zero-order valence-corrected chi connectivity index (χ0v) is 16.1. The number of carboxylic acid groups (broad SMARTS) is 1. The molecule has 0 fully saturated rings. The van der Waals surface area contributed by atoms with Crippen LogP contribution in [0.1, 0.15) is 58.9 Å². The van der Waals surface area contributed by atoms with Crippen molar-refractivity contribution in [1.82, 2.24) is 0 Å². The second-order valence-corrected chi connectivity index (χ2v) is 8.45. The molecule has 3 nitrogen and oxygen atoms in total. The van der Waals surface area contributed by atoms with E-state index < -0.39 is 5.97 Å². The molecule has 0 aromatic heterocycles. The van der Waals surface area contributed by atoms with E-state index in [9.17, 15) is 4.79 Å². The molecule has 0 spiro atoms. The number of halogens is 1. The summed E-state index contributed by atoms with van der Waals surface area (Å²) < 4.78 is 1.28. The molecule has 0 radical (unpaired) electrons. The van der Waals surface area contributed by atoms with Crippen LogP contribution in [0.3, 0.4) is 0 Å². The van der Waals surface area contributed by atoms with Crippen molar-refractivity contribution in [2.75, 3.05) is 11.4 Å². The Morgan fingerprint density at radius 3 is 2.50 bits per heavy atom. The van der Waals surface area contributed by atoms with Gasteiger partial charge >= 0.3 is 5.97 Å². The number of hydrogen-bond donors (Lipinski definition) is 1. The summed E-state index contributed by atoms with van der Waals surface area (Å²) in [6.45, 7) is 10.3. The summed E-state index contributed by atoms with van der Waals surface area (Å²) in [6, 6.07) is 6.72. The van der Waals surface area contributed by atoms with Crippen LogP contribution < -0.4 is 4.90 Å². The zero-order chi connectivity index (χ0) is 16.5. The van der Waals surface area contributed by atoms with Crippen LogP contribution in [0, 0.1) is 3.57 Å². The Morgan fingerprint density at radius 2 is 1.86 bits per heavy atom. The predicted octanol–water partition coefficient (Wildman–Crippen LogP) is 4.81. The van der Waals surface area contributed by atoms with Crippen LogP contribution in [0.5, 0.6) is 0 Å². The second-order valence-electron chi connectivity index (χ2n) is 7.20. The molecule has 22 heavy (non-hydrogen) atoms. The SMILES string of the molecule is CC1(C)c2cc(I)ccc2N(CCCCCC(=O)O)C1(C)C. The highest BCUT2D eigenvalue weighted by Gasteiger charge is 2.50. The molecule has 0 amide bonds. The number of aliphatic carboxylic acids is 1. The Bertz CT molecular complexity index is 566. The molecule has 0 saturated heterocycles. The largest absolute Gasteiger partial charge is 0.481 e. The van der Waals surface area contributed by atoms with Gasteiger partial charge in [-0.05, 0) is 73.0 Å². The molecule has 1 heterocycles. The molecular weight excluding hydrogens is 389 g/mol. The summed E-state index contributed by atoms with van der Waals surface area (Å²) >= 11 is 2.38. The van der Waals surface area contributed by atoms with Crippen LogP contribution in [-0.4, -0.2) is 23.2 Å². The van der Waals surface area contributed by atoms with E-state index in [1.54, 1.807) is 0 Å². The fourth-order valence-corrected chi connectivity index (χ4v) is 3.83. The van der Waals surface area contributed by atoms with Crippen LogP contribution >= 0.6 is 22.6 Å². The molecule has 0 saturated carbocycles. The van der Waals surface area contributed by atoms with Gasteiger partial charge in [-0.1, -0.05) is 20.3 Å². The van der Waals surface area contributed by atoms with Crippen molar-refractivity contribution in [3.05, 3.63) is 27.3 Å². The number of anilines is 1. The van der Waals surface area contributed by atoms with Gasteiger partial charge < -0.3 is 10.0 Å². The predicted molar refractivity (Wildman–Crippen MR) is 99.7 cm³/mol. The maximum atomic E-state index is 10.6. The molecule has 122 valence electrons. The molecule has 1 aliphatic heterocycles. The number of benzene rings is 1. The monoisotopic (exact) mass is 415 g/mol. The fourth-order valence-electron chi connectivity index (χ4n) is 3.34. The molecule has 0 aliphatic carbocycles. The Hall–Kier alpha value is -0.780. The van der Waals surface area contributed by atoms with E-state index in [4.69, 9.17) is 5.11 Å². The summed E-state index contributed by atoms with van der Waals surface area (Å²) in [5, 5.41) is 8.72. The van der Waals surface area contributed by atoms with Gasteiger partial charge in [-0.3, -0.25) is 4.79 Å². The van der Waals surface area contributed by atoms with Crippen LogP contribution in [-0.2, 0) is 10.2 Å². The van der Waals surface area contributed by atoms with Crippen LogP contribution in [0.25, 0.3) is 0 Å². The molecule has 1 aromatic rings. The highest BCUT2D eigenvalue weighted by molar-refractivity contribution is 14.1. The average molecular weight is 415 g/mol. The molecule has 1 aliphatic rings. The van der Waals surface area contributed by atoms with Gasteiger partial charge in [0.15, 0.2) is 0 Å². The van der Waals surface area contributed by atoms with E-state index in [2.05, 4.69) is 73.4 Å². The minimum atomic E-state index is -0.692. The van der Waals surface area contributed by atoms with Gasteiger partial charge in [0.25, 0.3) is 0 Å². The van der Waals surface area contributed by atoms with E-state index in [0.717, 1.165) is 25.8 Å². The summed E-state index contributed by atoms with van der Waals surface area (Å²) in [5.41, 5.74) is 2.93. The third-order valence-electron chi connectivity index (χ3n) is 5.40. The Morgan fingerprint density at radius 1 is 1.18 bits per heavy atom. The summed E-state index contributed by atoms with van der Waals surface area (Å²) in [6.07, 6.45) is 3.06. The number of rotatable bonds is 6. The van der Waals surface area contributed by atoms with Gasteiger partial charge in [-0.15, -0.1) is 0 Å². The number of fused-ring (bicyclic) bond motifs is 1. The minimum Gasteiger partial charge on any atom is -0.481 e. The fraction of sp³-hybridized carbons (Fsp3) is 0.611. The number of unbranched alkanes of at least 4 members (excludes halogenated alkanes) is 2. The van der Waals surface area contributed by atoms with Crippen LogP contribution in [0.2, 0.25) is 0 Å². The van der Waals surface area contributed by atoms with E-state index in [1.165, 1.54) is 14.8 Å². The van der Waals surface area contributed by atoms with Crippen LogP contribution in [0.4, 0.5) is 5.69 Å². The Balaban J connectivity index is 2.13. The summed E-state index contributed by atoms with van der Waals surface area (Å²) in [7, 11) is 0. The van der Waals surface area contributed by atoms with Crippen molar-refractivity contribution >= 4 is 34.2 Å². The zero-order valence-electron chi connectivity index (χ0n) is 13.9.